The van der Waals surface area contributed by atoms with E-state index in [1.165, 1.54) is 50.1 Å². The predicted molar refractivity (Wildman–Crippen MR) is 134 cm³/mol. The highest BCUT2D eigenvalue weighted by Gasteiger charge is 2.46. The zero-order valence-electron chi connectivity index (χ0n) is 18.1. The Kier molecular flexibility index (Phi) is 4.33. The van der Waals surface area contributed by atoms with Crippen LogP contribution in [0.1, 0.15) is 27.8 Å². The molecule has 32 heavy (non-hydrogen) atoms. The molecule has 0 amide bonds. The van der Waals surface area contributed by atoms with E-state index >= 15 is 0 Å². The molecule has 6 rings (SSSR count). The summed E-state index contributed by atoms with van der Waals surface area (Å²) in [6.07, 6.45) is 0. The summed E-state index contributed by atoms with van der Waals surface area (Å²) in [5, 5.41) is 0. The highest BCUT2D eigenvalue weighted by molar-refractivity contribution is 5.89. The Morgan fingerprint density at radius 2 is 1.06 bits per heavy atom. The number of hydrogen-bond donors (Lipinski definition) is 0. The molecule has 1 aliphatic carbocycles. The van der Waals surface area contributed by atoms with Gasteiger partial charge in [-0.1, -0.05) is 121 Å². The minimum absolute atomic E-state index is 0.344. The van der Waals surface area contributed by atoms with Gasteiger partial charge in [0.2, 0.25) is 0 Å². The minimum atomic E-state index is -0.344. The Morgan fingerprint density at radius 3 is 1.69 bits per heavy atom. The van der Waals surface area contributed by atoms with Crippen LogP contribution in [-0.4, -0.2) is 0 Å². The van der Waals surface area contributed by atoms with E-state index < -0.39 is 0 Å². The molecule has 0 bridgehead atoms. The van der Waals surface area contributed by atoms with Crippen LogP contribution in [-0.2, 0) is 5.41 Å². The molecule has 0 atom stereocenters. The lowest BCUT2D eigenvalue weighted by molar-refractivity contribution is 0.762. The maximum Gasteiger partial charge on any atom is 0.0716 e. The van der Waals surface area contributed by atoms with Crippen molar-refractivity contribution in [3.05, 3.63) is 155 Å². The van der Waals surface area contributed by atoms with E-state index in [0.29, 0.717) is 0 Å². The Morgan fingerprint density at radius 1 is 0.469 bits per heavy atom. The first-order chi connectivity index (χ1) is 15.8. The van der Waals surface area contributed by atoms with Crippen LogP contribution in [0.5, 0.6) is 0 Å². The van der Waals surface area contributed by atoms with E-state index in [0.717, 1.165) is 0 Å². The summed E-state index contributed by atoms with van der Waals surface area (Å²) in [4.78, 5) is 0. The molecule has 0 spiro atoms. The zero-order chi connectivity index (χ0) is 21.5. The van der Waals surface area contributed by atoms with Crippen molar-refractivity contribution in [2.24, 2.45) is 0 Å². The van der Waals surface area contributed by atoms with Crippen molar-refractivity contribution in [3.8, 4) is 22.3 Å². The van der Waals surface area contributed by atoms with Gasteiger partial charge < -0.3 is 0 Å². The van der Waals surface area contributed by atoms with E-state index in [-0.39, 0.29) is 5.41 Å². The second kappa shape index (κ2) is 7.35. The molecule has 0 heteroatoms. The number of rotatable bonds is 3. The van der Waals surface area contributed by atoms with Gasteiger partial charge in [0.25, 0.3) is 0 Å². The second-order valence-corrected chi connectivity index (χ2v) is 8.61. The molecule has 0 heterocycles. The summed E-state index contributed by atoms with van der Waals surface area (Å²) in [7, 11) is 0. The maximum atomic E-state index is 2.42. The molecule has 5 aromatic rings. The van der Waals surface area contributed by atoms with E-state index in [1.807, 2.05) is 0 Å². The van der Waals surface area contributed by atoms with Crippen molar-refractivity contribution in [1.29, 1.82) is 0 Å². The van der Waals surface area contributed by atoms with Gasteiger partial charge in [0.1, 0.15) is 0 Å². The molecule has 0 nitrogen and oxygen atoms in total. The highest BCUT2D eigenvalue weighted by atomic mass is 14.5. The highest BCUT2D eigenvalue weighted by Crippen LogP contribution is 2.57. The Hall–Kier alpha value is -3.90. The molecular formula is C32H24. The van der Waals surface area contributed by atoms with Gasteiger partial charge in [0, 0.05) is 0 Å². The summed E-state index contributed by atoms with van der Waals surface area (Å²) in [6.45, 7) is 2.25. The van der Waals surface area contributed by atoms with E-state index in [9.17, 15) is 0 Å². The first-order valence-corrected chi connectivity index (χ1v) is 11.2. The number of hydrogen-bond acceptors (Lipinski definition) is 0. The topological polar surface area (TPSA) is 0 Å². The lowest BCUT2D eigenvalue weighted by Crippen LogP contribution is -2.29. The first-order valence-electron chi connectivity index (χ1n) is 11.2. The molecule has 0 radical (unpaired) electrons. The average molecular weight is 409 g/mol. The van der Waals surface area contributed by atoms with Crippen LogP contribution in [0.3, 0.4) is 0 Å². The summed E-state index contributed by atoms with van der Waals surface area (Å²) in [5.74, 6) is 0. The molecule has 5 aromatic carbocycles. The van der Waals surface area contributed by atoms with E-state index in [1.54, 1.807) is 0 Å². The third-order valence-corrected chi connectivity index (χ3v) is 6.88. The quantitative estimate of drug-likeness (QED) is 0.278. The Bertz CT molecular complexity index is 1360. The molecule has 0 aromatic heterocycles. The van der Waals surface area contributed by atoms with Crippen LogP contribution in [0.2, 0.25) is 0 Å². The van der Waals surface area contributed by atoms with Crippen LogP contribution in [0.15, 0.2) is 127 Å². The van der Waals surface area contributed by atoms with Crippen LogP contribution in [0.4, 0.5) is 0 Å². The molecular weight excluding hydrogens is 384 g/mol. The van der Waals surface area contributed by atoms with Crippen molar-refractivity contribution in [3.63, 3.8) is 0 Å². The fourth-order valence-electron chi connectivity index (χ4n) is 5.57. The molecule has 0 N–H and O–H groups in total. The van der Waals surface area contributed by atoms with Crippen LogP contribution in [0, 0.1) is 6.92 Å². The molecule has 1 aliphatic rings. The van der Waals surface area contributed by atoms with Crippen molar-refractivity contribution in [2.45, 2.75) is 12.3 Å². The molecule has 0 aliphatic heterocycles. The van der Waals surface area contributed by atoms with Gasteiger partial charge in [-0.2, -0.15) is 0 Å². The maximum absolute atomic E-state index is 2.42. The predicted octanol–water partition coefficient (Wildman–Crippen LogP) is 8.03. The molecule has 152 valence electrons. The third kappa shape index (κ3) is 2.63. The number of benzene rings is 5. The van der Waals surface area contributed by atoms with Gasteiger partial charge in [-0.25, -0.2) is 0 Å². The lowest BCUT2D eigenvalue weighted by atomic mass is 9.66. The Labute approximate surface area is 189 Å². The largest absolute Gasteiger partial charge is 0.0716 e. The summed E-state index contributed by atoms with van der Waals surface area (Å²) in [6, 6.07) is 46.5. The monoisotopic (exact) mass is 408 g/mol. The zero-order valence-corrected chi connectivity index (χ0v) is 18.1. The lowest BCUT2D eigenvalue weighted by Gasteiger charge is -2.35. The number of aryl methyl sites for hydroxylation is 1. The van der Waals surface area contributed by atoms with Gasteiger partial charge in [-0.05, 0) is 63.1 Å². The van der Waals surface area contributed by atoms with Crippen molar-refractivity contribution in [2.75, 3.05) is 0 Å². The molecule has 0 unspecified atom stereocenters. The summed E-state index contributed by atoms with van der Waals surface area (Å²) >= 11 is 0. The van der Waals surface area contributed by atoms with Gasteiger partial charge in [0.05, 0.1) is 5.41 Å². The third-order valence-electron chi connectivity index (χ3n) is 6.88. The van der Waals surface area contributed by atoms with E-state index in [2.05, 4.69) is 134 Å². The fourth-order valence-corrected chi connectivity index (χ4v) is 5.57. The molecule has 0 fully saturated rings. The standard InChI is InChI=1S/C32H24/c1-23-12-11-19-29-28-21-20-25(24-13-5-2-6-14-24)22-30(28)32(31(23)29,26-15-7-3-8-16-26)27-17-9-4-10-18-27/h2-22H,1H3. The molecule has 0 saturated heterocycles. The fraction of sp³-hybridized carbons (Fsp3) is 0.0625. The van der Waals surface area contributed by atoms with Gasteiger partial charge in [-0.15, -0.1) is 0 Å². The minimum Gasteiger partial charge on any atom is -0.0622 e. The first kappa shape index (κ1) is 18.8. The van der Waals surface area contributed by atoms with Gasteiger partial charge >= 0.3 is 0 Å². The van der Waals surface area contributed by atoms with E-state index in [4.69, 9.17) is 0 Å². The number of fused-ring (bicyclic) bond motifs is 3. The van der Waals surface area contributed by atoms with Crippen molar-refractivity contribution in [1.82, 2.24) is 0 Å². The second-order valence-electron chi connectivity index (χ2n) is 8.61. The van der Waals surface area contributed by atoms with Crippen LogP contribution < -0.4 is 0 Å². The van der Waals surface area contributed by atoms with Crippen molar-refractivity contribution < 1.29 is 0 Å². The van der Waals surface area contributed by atoms with Crippen molar-refractivity contribution >= 4 is 0 Å². The average Bonchev–Trinajstić information content (AvgIpc) is 3.17. The van der Waals surface area contributed by atoms with Crippen LogP contribution in [0.25, 0.3) is 22.3 Å². The van der Waals surface area contributed by atoms with Crippen LogP contribution >= 0.6 is 0 Å². The Balaban J connectivity index is 1.77. The summed E-state index contributed by atoms with van der Waals surface area (Å²) in [5.41, 5.74) is 11.5. The smallest absolute Gasteiger partial charge is 0.0622 e. The molecule has 0 saturated carbocycles. The van der Waals surface area contributed by atoms with Gasteiger partial charge in [0.15, 0.2) is 0 Å². The van der Waals surface area contributed by atoms with Gasteiger partial charge in [-0.3, -0.25) is 0 Å². The normalized spacial score (nSPS) is 13.4. The summed E-state index contributed by atoms with van der Waals surface area (Å²) < 4.78 is 0. The SMILES string of the molecule is Cc1cccc2c1C(c1ccccc1)(c1ccccc1)c1cc(-c3ccccc3)ccc1-2.